The number of carbonyl (C=O) groups excluding carboxylic acids is 1. The van der Waals surface area contributed by atoms with Gasteiger partial charge in [-0.05, 0) is 18.9 Å². The number of anilines is 1. The van der Waals surface area contributed by atoms with Crippen LogP contribution in [-0.4, -0.2) is 12.7 Å². The molecule has 0 unspecified atom stereocenters. The van der Waals surface area contributed by atoms with Crippen molar-refractivity contribution in [2.45, 2.75) is 0 Å². The lowest BCUT2D eigenvalue weighted by Gasteiger charge is -2.03. The Morgan fingerprint density at radius 1 is 1.50 bits per heavy atom. The molecular formula is C8H9N3O. The summed E-state index contributed by atoms with van der Waals surface area (Å²) in [5.41, 5.74) is 6.11. The predicted molar refractivity (Wildman–Crippen MR) is 48.9 cm³/mol. The summed E-state index contributed by atoms with van der Waals surface area (Å²) >= 11 is 0. The SMILES string of the molecule is C=Nc1ccccc1NC(N)=O. The van der Waals surface area contributed by atoms with E-state index in [2.05, 4.69) is 17.0 Å². The molecule has 1 aromatic rings. The Kier molecular flexibility index (Phi) is 2.42. The standard InChI is InChI=1S/C8H9N3O/c1-10-6-4-2-3-5-7(6)11-8(9)12/h2-5H,1H2,(H3,9,11,12). The van der Waals surface area contributed by atoms with Crippen LogP contribution in [0.5, 0.6) is 0 Å². The zero-order valence-corrected chi connectivity index (χ0v) is 6.45. The zero-order valence-electron chi connectivity index (χ0n) is 6.45. The molecule has 4 nitrogen and oxygen atoms in total. The summed E-state index contributed by atoms with van der Waals surface area (Å²) < 4.78 is 0. The first-order chi connectivity index (χ1) is 5.74. The van der Waals surface area contributed by atoms with Gasteiger partial charge >= 0.3 is 6.03 Å². The minimum atomic E-state index is -0.605. The van der Waals surface area contributed by atoms with Gasteiger partial charge in [-0.2, -0.15) is 0 Å². The fourth-order valence-corrected chi connectivity index (χ4v) is 0.850. The van der Waals surface area contributed by atoms with E-state index in [0.29, 0.717) is 11.4 Å². The summed E-state index contributed by atoms with van der Waals surface area (Å²) in [4.78, 5) is 14.2. The van der Waals surface area contributed by atoms with Gasteiger partial charge in [0.2, 0.25) is 0 Å². The van der Waals surface area contributed by atoms with Gasteiger partial charge < -0.3 is 11.1 Å². The monoisotopic (exact) mass is 163 g/mol. The first kappa shape index (κ1) is 8.26. The van der Waals surface area contributed by atoms with E-state index in [-0.39, 0.29) is 0 Å². The van der Waals surface area contributed by atoms with Crippen LogP contribution in [0.1, 0.15) is 0 Å². The van der Waals surface area contributed by atoms with Crippen molar-refractivity contribution in [2.75, 3.05) is 5.32 Å². The topological polar surface area (TPSA) is 67.5 Å². The molecular weight excluding hydrogens is 154 g/mol. The molecule has 0 fully saturated rings. The first-order valence-electron chi connectivity index (χ1n) is 3.36. The number of primary amides is 1. The molecule has 1 aromatic carbocycles. The van der Waals surface area contributed by atoms with Crippen molar-refractivity contribution in [1.29, 1.82) is 0 Å². The Bertz CT molecular complexity index is 309. The van der Waals surface area contributed by atoms with Crippen molar-refractivity contribution >= 4 is 24.1 Å². The summed E-state index contributed by atoms with van der Waals surface area (Å²) in [6.45, 7) is 3.36. The summed E-state index contributed by atoms with van der Waals surface area (Å²) in [7, 11) is 0. The molecule has 0 saturated carbocycles. The molecule has 0 spiro atoms. The molecule has 0 heterocycles. The Labute approximate surface area is 70.1 Å². The number of urea groups is 1. The number of nitrogens with zero attached hydrogens (tertiary/aromatic N) is 1. The van der Waals surface area contributed by atoms with Crippen LogP contribution in [-0.2, 0) is 0 Å². The fraction of sp³-hybridized carbons (Fsp3) is 0. The molecule has 2 amide bonds. The number of benzene rings is 1. The minimum absolute atomic E-state index is 0.569. The lowest BCUT2D eigenvalue weighted by Crippen LogP contribution is -2.19. The second kappa shape index (κ2) is 3.52. The molecule has 4 heteroatoms. The lowest BCUT2D eigenvalue weighted by atomic mass is 10.3. The zero-order chi connectivity index (χ0) is 8.97. The fourth-order valence-electron chi connectivity index (χ4n) is 0.850. The molecule has 0 radical (unpaired) electrons. The Hall–Kier alpha value is -1.84. The number of carbonyl (C=O) groups is 1. The van der Waals surface area contributed by atoms with Gasteiger partial charge in [0.15, 0.2) is 0 Å². The van der Waals surface area contributed by atoms with Crippen LogP contribution in [0, 0.1) is 0 Å². The molecule has 62 valence electrons. The lowest BCUT2D eigenvalue weighted by molar-refractivity contribution is 0.259. The van der Waals surface area contributed by atoms with Gasteiger partial charge in [-0.3, -0.25) is 4.99 Å². The van der Waals surface area contributed by atoms with E-state index in [1.165, 1.54) is 0 Å². The summed E-state index contributed by atoms with van der Waals surface area (Å²) in [6.07, 6.45) is 0. The number of rotatable bonds is 2. The molecule has 0 atom stereocenters. The van der Waals surface area contributed by atoms with Crippen molar-refractivity contribution in [3.63, 3.8) is 0 Å². The molecule has 0 saturated heterocycles. The minimum Gasteiger partial charge on any atom is -0.351 e. The normalized spacial score (nSPS) is 9.00. The number of hydrogen-bond donors (Lipinski definition) is 2. The van der Waals surface area contributed by atoms with Gasteiger partial charge in [0.25, 0.3) is 0 Å². The maximum Gasteiger partial charge on any atom is 0.316 e. The Morgan fingerprint density at radius 2 is 2.17 bits per heavy atom. The number of hydrogen-bond acceptors (Lipinski definition) is 2. The molecule has 12 heavy (non-hydrogen) atoms. The van der Waals surface area contributed by atoms with Gasteiger partial charge in [-0.15, -0.1) is 0 Å². The van der Waals surface area contributed by atoms with E-state index in [0.717, 1.165) is 0 Å². The Morgan fingerprint density at radius 3 is 2.75 bits per heavy atom. The molecule has 0 aromatic heterocycles. The van der Waals surface area contributed by atoms with E-state index in [9.17, 15) is 4.79 Å². The van der Waals surface area contributed by atoms with Crippen LogP contribution in [0.3, 0.4) is 0 Å². The molecule has 0 bridgehead atoms. The average molecular weight is 163 g/mol. The van der Waals surface area contributed by atoms with Crippen molar-refractivity contribution in [1.82, 2.24) is 0 Å². The van der Waals surface area contributed by atoms with E-state index < -0.39 is 6.03 Å². The molecule has 1 rings (SSSR count). The van der Waals surface area contributed by atoms with E-state index in [1.807, 2.05) is 0 Å². The highest BCUT2D eigenvalue weighted by molar-refractivity contribution is 5.91. The maximum absolute atomic E-state index is 10.5. The average Bonchev–Trinajstić information content (AvgIpc) is 2.04. The van der Waals surface area contributed by atoms with Gasteiger partial charge in [-0.1, -0.05) is 12.1 Å². The van der Waals surface area contributed by atoms with E-state index in [1.54, 1.807) is 24.3 Å². The highest BCUT2D eigenvalue weighted by Crippen LogP contribution is 2.22. The van der Waals surface area contributed by atoms with E-state index >= 15 is 0 Å². The van der Waals surface area contributed by atoms with Gasteiger partial charge in [0.05, 0.1) is 11.4 Å². The van der Waals surface area contributed by atoms with Crippen LogP contribution in [0.4, 0.5) is 16.2 Å². The first-order valence-corrected chi connectivity index (χ1v) is 3.36. The highest BCUT2D eigenvalue weighted by atomic mass is 16.2. The smallest absolute Gasteiger partial charge is 0.316 e. The molecule has 0 aliphatic heterocycles. The van der Waals surface area contributed by atoms with Crippen molar-refractivity contribution in [3.05, 3.63) is 24.3 Å². The van der Waals surface area contributed by atoms with Crippen LogP contribution in [0.15, 0.2) is 29.3 Å². The number of nitrogens with one attached hydrogen (secondary N) is 1. The van der Waals surface area contributed by atoms with Crippen LogP contribution >= 0.6 is 0 Å². The second-order valence-corrected chi connectivity index (χ2v) is 2.16. The third-order valence-corrected chi connectivity index (χ3v) is 1.33. The largest absolute Gasteiger partial charge is 0.351 e. The van der Waals surface area contributed by atoms with Crippen molar-refractivity contribution < 1.29 is 4.79 Å². The van der Waals surface area contributed by atoms with Gasteiger partial charge in [0.1, 0.15) is 0 Å². The summed E-state index contributed by atoms with van der Waals surface area (Å²) in [5, 5.41) is 2.43. The predicted octanol–water partition coefficient (Wildman–Crippen LogP) is 1.51. The Balaban J connectivity index is 2.96. The molecule has 0 aliphatic rings. The van der Waals surface area contributed by atoms with E-state index in [4.69, 9.17) is 5.73 Å². The quantitative estimate of drug-likeness (QED) is 0.637. The van der Waals surface area contributed by atoms with Crippen LogP contribution < -0.4 is 11.1 Å². The van der Waals surface area contributed by atoms with Crippen LogP contribution in [0.25, 0.3) is 0 Å². The molecule has 3 N–H and O–H groups in total. The van der Waals surface area contributed by atoms with Gasteiger partial charge in [0, 0.05) is 0 Å². The van der Waals surface area contributed by atoms with Crippen molar-refractivity contribution in [2.24, 2.45) is 10.7 Å². The third-order valence-electron chi connectivity index (χ3n) is 1.33. The third kappa shape index (κ3) is 1.82. The summed E-state index contributed by atoms with van der Waals surface area (Å²) in [6, 6.07) is 6.41. The maximum atomic E-state index is 10.5. The number of nitrogens with two attached hydrogens (primary N) is 1. The molecule has 0 aliphatic carbocycles. The van der Waals surface area contributed by atoms with Crippen molar-refractivity contribution in [3.8, 4) is 0 Å². The van der Waals surface area contributed by atoms with Crippen LogP contribution in [0.2, 0.25) is 0 Å². The summed E-state index contributed by atoms with van der Waals surface area (Å²) in [5.74, 6) is 0. The van der Waals surface area contributed by atoms with Gasteiger partial charge in [-0.25, -0.2) is 4.79 Å². The second-order valence-electron chi connectivity index (χ2n) is 2.16. The number of amides is 2. The number of para-hydroxylation sites is 2. The highest BCUT2D eigenvalue weighted by Gasteiger charge is 1.99. The number of aliphatic imine (C=N–C) groups is 1.